The second-order valence-electron chi connectivity index (χ2n) is 5.60. The molecule has 0 amide bonds. The van der Waals surface area contributed by atoms with Crippen molar-refractivity contribution in [2.24, 2.45) is 4.99 Å². The SMILES string of the molecule is CN=C(NCCOC)NCC(C)(C)c1ccc(C)cc1. The van der Waals surface area contributed by atoms with E-state index in [0.717, 1.165) is 19.0 Å². The Hall–Kier alpha value is -1.55. The lowest BCUT2D eigenvalue weighted by Gasteiger charge is -2.27. The number of methoxy groups -OCH3 is 1. The Bertz CT molecular complexity index is 424. The molecule has 0 aliphatic rings. The van der Waals surface area contributed by atoms with Gasteiger partial charge in [0.2, 0.25) is 0 Å². The maximum absolute atomic E-state index is 5.02. The number of hydrogen-bond donors (Lipinski definition) is 2. The van der Waals surface area contributed by atoms with E-state index in [2.05, 4.69) is 60.7 Å². The molecule has 1 rings (SSSR count). The van der Waals surface area contributed by atoms with Crippen molar-refractivity contribution in [1.82, 2.24) is 10.6 Å². The Morgan fingerprint density at radius 3 is 2.40 bits per heavy atom. The van der Waals surface area contributed by atoms with Gasteiger partial charge < -0.3 is 15.4 Å². The maximum atomic E-state index is 5.02. The lowest BCUT2D eigenvalue weighted by molar-refractivity contribution is 0.203. The normalized spacial score (nSPS) is 12.3. The Balaban J connectivity index is 2.55. The zero-order valence-electron chi connectivity index (χ0n) is 13.3. The second-order valence-corrected chi connectivity index (χ2v) is 5.60. The number of rotatable bonds is 6. The van der Waals surface area contributed by atoms with Gasteiger partial charge in [0.25, 0.3) is 0 Å². The summed E-state index contributed by atoms with van der Waals surface area (Å²) >= 11 is 0. The third-order valence-corrected chi connectivity index (χ3v) is 3.35. The molecule has 4 nitrogen and oxygen atoms in total. The molecule has 20 heavy (non-hydrogen) atoms. The summed E-state index contributed by atoms with van der Waals surface area (Å²) in [6, 6.07) is 8.70. The molecular formula is C16H27N3O. The van der Waals surface area contributed by atoms with Gasteiger partial charge in [-0.05, 0) is 12.5 Å². The zero-order chi connectivity index (χ0) is 15.0. The van der Waals surface area contributed by atoms with Crippen molar-refractivity contribution in [3.63, 3.8) is 0 Å². The molecule has 112 valence electrons. The molecule has 0 atom stereocenters. The van der Waals surface area contributed by atoms with E-state index in [-0.39, 0.29) is 5.41 Å². The highest BCUT2D eigenvalue weighted by Gasteiger charge is 2.20. The number of aliphatic imine (C=N–C) groups is 1. The van der Waals surface area contributed by atoms with Crippen LogP contribution in [0.3, 0.4) is 0 Å². The largest absolute Gasteiger partial charge is 0.383 e. The third kappa shape index (κ3) is 5.21. The Labute approximate surface area is 122 Å². The van der Waals surface area contributed by atoms with E-state index in [0.29, 0.717) is 6.61 Å². The van der Waals surface area contributed by atoms with Crippen LogP contribution in [0.15, 0.2) is 29.3 Å². The summed E-state index contributed by atoms with van der Waals surface area (Å²) in [5.41, 5.74) is 2.66. The Morgan fingerprint density at radius 2 is 1.85 bits per heavy atom. The van der Waals surface area contributed by atoms with Crippen LogP contribution in [-0.2, 0) is 10.2 Å². The highest BCUT2D eigenvalue weighted by molar-refractivity contribution is 5.79. The van der Waals surface area contributed by atoms with Gasteiger partial charge in [-0.2, -0.15) is 0 Å². The van der Waals surface area contributed by atoms with Gasteiger partial charge in [-0.1, -0.05) is 43.7 Å². The Kier molecular flexibility index (Phi) is 6.52. The molecule has 0 aliphatic carbocycles. The van der Waals surface area contributed by atoms with Gasteiger partial charge >= 0.3 is 0 Å². The molecule has 2 N–H and O–H groups in total. The van der Waals surface area contributed by atoms with E-state index in [4.69, 9.17) is 4.74 Å². The fraction of sp³-hybridized carbons (Fsp3) is 0.562. The van der Waals surface area contributed by atoms with E-state index in [1.54, 1.807) is 14.2 Å². The molecule has 0 fully saturated rings. The number of benzene rings is 1. The summed E-state index contributed by atoms with van der Waals surface area (Å²) in [5, 5.41) is 6.58. The summed E-state index contributed by atoms with van der Waals surface area (Å²) in [6.45, 7) is 8.81. The van der Waals surface area contributed by atoms with Crippen LogP contribution in [0.5, 0.6) is 0 Å². The average molecular weight is 277 g/mol. The topological polar surface area (TPSA) is 45.7 Å². The van der Waals surface area contributed by atoms with E-state index in [9.17, 15) is 0 Å². The minimum absolute atomic E-state index is 0.0482. The molecule has 0 bridgehead atoms. The summed E-state index contributed by atoms with van der Waals surface area (Å²) in [4.78, 5) is 4.21. The standard InChI is InChI=1S/C16H27N3O/c1-13-6-8-14(9-7-13)16(2,3)12-19-15(17-4)18-10-11-20-5/h6-9H,10-12H2,1-5H3,(H2,17,18,19). The quantitative estimate of drug-likeness (QED) is 0.475. The van der Waals surface area contributed by atoms with Crippen LogP contribution in [0, 0.1) is 6.92 Å². The first-order valence-electron chi connectivity index (χ1n) is 7.00. The first-order valence-corrected chi connectivity index (χ1v) is 7.00. The average Bonchev–Trinajstić information content (AvgIpc) is 2.43. The highest BCUT2D eigenvalue weighted by Crippen LogP contribution is 2.22. The number of aryl methyl sites for hydroxylation is 1. The molecule has 0 heterocycles. The van der Waals surface area contributed by atoms with Crippen LogP contribution in [-0.4, -0.2) is 39.8 Å². The molecule has 0 radical (unpaired) electrons. The van der Waals surface area contributed by atoms with E-state index < -0.39 is 0 Å². The molecule has 0 spiro atoms. The van der Waals surface area contributed by atoms with E-state index in [1.165, 1.54) is 11.1 Å². The number of nitrogens with one attached hydrogen (secondary N) is 2. The molecule has 1 aromatic carbocycles. The van der Waals surface area contributed by atoms with Crippen molar-refractivity contribution >= 4 is 5.96 Å². The summed E-state index contributed by atoms with van der Waals surface area (Å²) in [6.07, 6.45) is 0. The third-order valence-electron chi connectivity index (χ3n) is 3.35. The minimum atomic E-state index is 0.0482. The smallest absolute Gasteiger partial charge is 0.191 e. The lowest BCUT2D eigenvalue weighted by atomic mass is 9.84. The monoisotopic (exact) mass is 277 g/mol. The van der Waals surface area contributed by atoms with Crippen molar-refractivity contribution in [3.05, 3.63) is 35.4 Å². The maximum Gasteiger partial charge on any atom is 0.191 e. The van der Waals surface area contributed by atoms with Crippen LogP contribution in [0.1, 0.15) is 25.0 Å². The van der Waals surface area contributed by atoms with Crippen molar-refractivity contribution < 1.29 is 4.74 Å². The van der Waals surface area contributed by atoms with E-state index >= 15 is 0 Å². The number of ether oxygens (including phenoxy) is 1. The molecular weight excluding hydrogens is 250 g/mol. The molecule has 0 unspecified atom stereocenters. The number of nitrogens with zero attached hydrogens (tertiary/aromatic N) is 1. The van der Waals surface area contributed by atoms with E-state index in [1.807, 2.05) is 0 Å². The Morgan fingerprint density at radius 1 is 1.20 bits per heavy atom. The van der Waals surface area contributed by atoms with Gasteiger partial charge in [0.15, 0.2) is 5.96 Å². The lowest BCUT2D eigenvalue weighted by Crippen LogP contribution is -2.44. The molecule has 0 aromatic heterocycles. The van der Waals surface area contributed by atoms with Gasteiger partial charge in [-0.15, -0.1) is 0 Å². The number of guanidine groups is 1. The summed E-state index contributed by atoms with van der Waals surface area (Å²) in [5.74, 6) is 0.808. The first-order chi connectivity index (χ1) is 9.49. The van der Waals surface area contributed by atoms with Crippen LogP contribution in [0.4, 0.5) is 0 Å². The van der Waals surface area contributed by atoms with Crippen LogP contribution in [0.2, 0.25) is 0 Å². The molecule has 0 saturated heterocycles. The highest BCUT2D eigenvalue weighted by atomic mass is 16.5. The van der Waals surface area contributed by atoms with Crippen LogP contribution < -0.4 is 10.6 Å². The van der Waals surface area contributed by atoms with Crippen molar-refractivity contribution in [1.29, 1.82) is 0 Å². The van der Waals surface area contributed by atoms with Gasteiger partial charge in [0.05, 0.1) is 6.61 Å². The molecule has 1 aromatic rings. The molecule has 4 heteroatoms. The van der Waals surface area contributed by atoms with Crippen molar-refractivity contribution in [2.75, 3.05) is 33.9 Å². The summed E-state index contributed by atoms with van der Waals surface area (Å²) in [7, 11) is 3.47. The molecule has 0 aliphatic heterocycles. The zero-order valence-corrected chi connectivity index (χ0v) is 13.3. The number of hydrogen-bond acceptors (Lipinski definition) is 2. The fourth-order valence-corrected chi connectivity index (χ4v) is 1.90. The van der Waals surface area contributed by atoms with Crippen molar-refractivity contribution in [2.45, 2.75) is 26.2 Å². The van der Waals surface area contributed by atoms with Crippen molar-refractivity contribution in [3.8, 4) is 0 Å². The van der Waals surface area contributed by atoms with Gasteiger partial charge in [0, 0.05) is 32.7 Å². The fourth-order valence-electron chi connectivity index (χ4n) is 1.90. The van der Waals surface area contributed by atoms with Gasteiger partial charge in [0.1, 0.15) is 0 Å². The van der Waals surface area contributed by atoms with Crippen LogP contribution >= 0.6 is 0 Å². The molecule has 0 saturated carbocycles. The first kappa shape index (κ1) is 16.5. The summed E-state index contributed by atoms with van der Waals surface area (Å²) < 4.78 is 5.02. The van der Waals surface area contributed by atoms with Gasteiger partial charge in [-0.25, -0.2) is 0 Å². The second kappa shape index (κ2) is 7.90. The predicted octanol–water partition coefficient (Wildman–Crippen LogP) is 2.08. The van der Waals surface area contributed by atoms with Gasteiger partial charge in [-0.3, -0.25) is 4.99 Å². The predicted molar refractivity (Wildman–Crippen MR) is 85.4 cm³/mol. The van der Waals surface area contributed by atoms with Crippen LogP contribution in [0.25, 0.3) is 0 Å². The minimum Gasteiger partial charge on any atom is -0.383 e.